The first-order valence-electron chi connectivity index (χ1n) is 39.5. The summed E-state index contributed by atoms with van der Waals surface area (Å²) in [4.78, 5) is 126. The average molecular weight is 1900 g/mol. The van der Waals surface area contributed by atoms with Gasteiger partial charge in [0.05, 0.1) is 11.3 Å². The number of amides is 3. The number of nitrogens with zero attached hydrogens (tertiary/aromatic N) is 3. The van der Waals surface area contributed by atoms with Crippen LogP contribution in [-0.4, -0.2) is 71.6 Å². The maximum absolute atomic E-state index is 12.7. The number of anilines is 6. The summed E-state index contributed by atoms with van der Waals surface area (Å²) in [7, 11) is 4.34. The second kappa shape index (κ2) is 46.2. The summed E-state index contributed by atoms with van der Waals surface area (Å²) in [6.45, 7) is 30.5. The molecule has 0 saturated carbocycles. The fraction of sp³-hybridized carbons (Fsp3) is 0.402. The molecule has 5 atom stereocenters. The third-order valence-electron chi connectivity index (χ3n) is 23.5. The summed E-state index contributed by atoms with van der Waals surface area (Å²) in [5.41, 5.74) is 38.7. The van der Waals surface area contributed by atoms with Crippen molar-refractivity contribution in [3.8, 4) is 6.07 Å². The predicted octanol–water partition coefficient (Wildman–Crippen LogP) is 20.5. The Morgan fingerprint density at radius 3 is 1.48 bits per heavy atom. The Hall–Kier alpha value is -8.85. The van der Waals surface area contributed by atoms with Crippen molar-refractivity contribution in [1.29, 1.82) is 10.5 Å². The number of carbonyl (C=O) groups excluding carboxylic acids is 11. The summed E-state index contributed by atoms with van der Waals surface area (Å²) < 4.78 is 5.38. The van der Waals surface area contributed by atoms with E-state index in [4.69, 9.17) is 29.0 Å². The molecular formula is C92H106BBr3ClCuN9O11S. The van der Waals surface area contributed by atoms with Crippen LogP contribution < -0.4 is 33.2 Å². The van der Waals surface area contributed by atoms with E-state index in [9.17, 15) is 58.0 Å². The molecule has 27 heteroatoms. The van der Waals surface area contributed by atoms with E-state index in [1.807, 2.05) is 90.9 Å². The van der Waals surface area contributed by atoms with Crippen LogP contribution in [0.2, 0.25) is 0 Å². The standard InChI is InChI=1S/C17H18N2O.C16H20BrNO2.C16H18BrNO.C13H14BrNO2.C13H15NO2.C11H11NO2.C5H8O.CN.BHNS.ClH.Cu/c1-3-17-7-6-15(20)10(2)16(17)11-4-5-14(19)13(9-18)12(11)8-17;1-3-10(19)7-8-16(4-2)9-12-11(15(16)20)5-6-13(18)14(12)17;1-3-16-7-6-13(19)9(2)14(16)10-4-5-12(18)15(17)11(10)8-16;1-3-8-6-10-9(13(8)17)4-5-11(12(10)14)15-7(2)16;1-3-9-6-10-7-11(14-8(2)15)4-5-12(10)13(9)16;1-7(13)12-9-3-4-10-8(6-9)2-5-11(10)14;1-3-5(6)4-2;1-2;1-2-3;;/h4-5H,3,6-8,19H2,1-2H3;5-6H,3-4,7-9,18H2,1-2H3;4-5H,3,6-8,18H2,1-2H3;4-5,8H,3,6H2,1-2H3,(H,15,16);4-5,7,9H,3,6H2,1-2H3,(H,14,15);3-4,6H,2,5H2,1H3,(H,12,13);3H,1,4H2,2H3;;3H;1H;/q;;;;;;;-1;;;+1. The number of Topliss-reactive ketones (excluding diaryl/α,β-unsaturated/α-hetero) is 7. The molecule has 8 aliphatic carbocycles. The third-order valence-corrected chi connectivity index (χ3v) is 26.3. The van der Waals surface area contributed by atoms with Crippen molar-refractivity contribution in [3.63, 3.8) is 0 Å². The number of thiol groups is 1. The number of fused-ring (bicyclic) bond motifs is 10. The second-order valence-corrected chi connectivity index (χ2v) is 32.9. The average Bonchev–Trinajstić information content (AvgIpc) is 1.58. The molecule has 0 saturated heterocycles. The van der Waals surface area contributed by atoms with Gasteiger partial charge in [-0.05, 0) is 297 Å². The summed E-state index contributed by atoms with van der Waals surface area (Å²) in [5.74, 6) is 1.64. The molecule has 0 bridgehead atoms. The van der Waals surface area contributed by atoms with Crippen LogP contribution in [0.5, 0.6) is 0 Å². The summed E-state index contributed by atoms with van der Waals surface area (Å²) in [5, 5.41) is 23.8. The number of aryl methyl sites for hydroxylation is 1. The first kappa shape index (κ1) is 103. The smallest absolute Gasteiger partial charge is 0.512 e. The zero-order chi connectivity index (χ0) is 87.3. The van der Waals surface area contributed by atoms with Crippen LogP contribution in [0.4, 0.5) is 34.1 Å². The molecule has 14 rings (SSSR count). The molecule has 633 valence electrons. The van der Waals surface area contributed by atoms with Crippen LogP contribution in [-0.2, 0) is 89.2 Å². The predicted molar refractivity (Wildman–Crippen MR) is 486 cm³/mol. The number of benzene rings is 6. The Labute approximate surface area is 748 Å². The van der Waals surface area contributed by atoms with E-state index < -0.39 is 5.41 Å². The van der Waals surface area contributed by atoms with Crippen molar-refractivity contribution in [2.24, 2.45) is 32.4 Å². The minimum atomic E-state index is -0.427. The van der Waals surface area contributed by atoms with Crippen LogP contribution in [0, 0.1) is 51.2 Å². The molecule has 0 aliphatic heterocycles. The van der Waals surface area contributed by atoms with Gasteiger partial charge in [-0.3, -0.25) is 52.7 Å². The van der Waals surface area contributed by atoms with Crippen molar-refractivity contribution in [3.05, 3.63) is 201 Å². The van der Waals surface area contributed by atoms with Gasteiger partial charge in [0.25, 0.3) is 0 Å². The fourth-order valence-corrected chi connectivity index (χ4v) is 18.5. The summed E-state index contributed by atoms with van der Waals surface area (Å²) in [6.07, 6.45) is 16.8. The number of nitrogens with one attached hydrogen (secondary N) is 3. The number of nitrogens with two attached hydrogens (primary N) is 3. The molecular weight excluding hydrogens is 1790 g/mol. The van der Waals surface area contributed by atoms with Gasteiger partial charge in [-0.1, -0.05) is 67.2 Å². The number of hydrogen-bond acceptors (Lipinski definition) is 18. The second-order valence-electron chi connectivity index (χ2n) is 30.3. The molecule has 5 unspecified atom stereocenters. The number of rotatable bonds is 14. The zero-order valence-corrected chi connectivity index (χ0v) is 77.0. The Morgan fingerprint density at radius 2 is 1.02 bits per heavy atom. The number of halogens is 4. The van der Waals surface area contributed by atoms with Crippen LogP contribution in [0.3, 0.4) is 0 Å². The van der Waals surface area contributed by atoms with Crippen molar-refractivity contribution in [1.82, 2.24) is 0 Å². The molecule has 3 amide bonds. The molecule has 0 spiro atoms. The maximum atomic E-state index is 12.7. The molecule has 0 fully saturated rings. The van der Waals surface area contributed by atoms with Crippen LogP contribution in [0.15, 0.2) is 126 Å². The van der Waals surface area contributed by atoms with E-state index in [1.165, 1.54) is 49.1 Å². The Balaban J connectivity index is 0.000000292. The first-order valence-corrected chi connectivity index (χ1v) is 42.3. The van der Waals surface area contributed by atoms with E-state index >= 15 is 0 Å². The summed E-state index contributed by atoms with van der Waals surface area (Å²) >= 11 is 13.8. The summed E-state index contributed by atoms with van der Waals surface area (Å²) in [6, 6.07) is 28.2. The van der Waals surface area contributed by atoms with Gasteiger partial charge in [0.1, 0.15) is 11.9 Å². The van der Waals surface area contributed by atoms with Crippen molar-refractivity contribution < 1.29 is 69.8 Å². The van der Waals surface area contributed by atoms with E-state index in [0.29, 0.717) is 74.1 Å². The van der Waals surface area contributed by atoms with Gasteiger partial charge >= 0.3 is 41.8 Å². The molecule has 1 radical (unpaired) electrons. The Bertz CT molecular complexity index is 5100. The van der Waals surface area contributed by atoms with Gasteiger partial charge in [-0.25, -0.2) is 0 Å². The fourth-order valence-electron chi connectivity index (χ4n) is 16.9. The quantitative estimate of drug-likeness (QED) is 0.0175. The first-order chi connectivity index (χ1) is 55.5. The normalized spacial score (nSPS) is 18.9. The van der Waals surface area contributed by atoms with Crippen molar-refractivity contribution in [2.75, 3.05) is 33.2 Å². The third kappa shape index (κ3) is 23.7. The van der Waals surface area contributed by atoms with Crippen molar-refractivity contribution in [2.45, 2.75) is 212 Å². The van der Waals surface area contributed by atoms with Gasteiger partial charge in [-0.2, -0.15) is 5.26 Å². The topological polar surface area (TPSA) is 362 Å². The number of nitriles is 1. The van der Waals surface area contributed by atoms with Crippen LogP contribution in [0.1, 0.15) is 264 Å². The molecule has 6 aromatic rings. The van der Waals surface area contributed by atoms with E-state index in [-0.39, 0.29) is 110 Å². The molecule has 0 aromatic heterocycles. The van der Waals surface area contributed by atoms with Gasteiger partial charge < -0.3 is 45.0 Å². The number of nitrogen functional groups attached to an aromatic ring is 3. The molecule has 0 heterocycles. The van der Waals surface area contributed by atoms with Gasteiger partial charge in [0.2, 0.25) is 17.7 Å². The van der Waals surface area contributed by atoms with Crippen LogP contribution in [0.25, 0.3) is 11.1 Å². The minimum Gasteiger partial charge on any atom is -0.512 e. The Morgan fingerprint density at radius 1 is 0.571 bits per heavy atom. The minimum absolute atomic E-state index is 0. The number of hydrogen-bond donors (Lipinski definition) is 7. The van der Waals surface area contributed by atoms with Gasteiger partial charge in [0.15, 0.2) is 40.5 Å². The van der Waals surface area contributed by atoms with Crippen LogP contribution >= 0.6 is 73.0 Å². The Kier molecular flexibility index (Phi) is 39.8. The molecule has 119 heavy (non-hydrogen) atoms. The zero-order valence-electron chi connectivity index (χ0n) is 69.6. The number of allylic oxidation sites excluding steroid dienone is 5. The molecule has 20 nitrogen and oxygen atoms in total. The largest absolute Gasteiger partial charge is 1.00 e. The molecule has 6 aromatic carbocycles. The van der Waals surface area contributed by atoms with Gasteiger partial charge in [-0.15, -0.1) is 12.4 Å². The number of carbonyl (C=O) groups is 11. The molecule has 9 N–H and O–H groups in total. The van der Waals surface area contributed by atoms with Gasteiger partial charge in [0, 0.05) is 151 Å². The van der Waals surface area contributed by atoms with E-state index in [1.54, 1.807) is 36.4 Å². The maximum Gasteiger partial charge on any atom is 1.00 e. The van der Waals surface area contributed by atoms with E-state index in [0.717, 1.165) is 180 Å². The molecule has 8 aliphatic rings. The monoisotopic (exact) mass is 1890 g/mol. The number of ketones is 8. The SMILES string of the molecule is C=CC(=O)CC.CC(=O)Nc1ccc2c(c1)CCC2=O.CCC(=O)CCC1(CC)Cc2c(ccc(N)c2Br)C1=O.CCC12CCC(=O)C(C)=C1c1ccc(N)c(Br)c1C2.CCC12CCC(=O)C(C)=C1c1ccc(N)c(C#N)c1C2.CCC1Cc2c(ccc(NC(C)=O)c2Br)C1=O.CCC1Cc2cc(NC(C)=O)ccc2C1=O.Cl.[B]=NS.[C-]#N.[Cu+]. The van der Waals surface area contributed by atoms with E-state index in [2.05, 4.69) is 121 Å². The van der Waals surface area contributed by atoms with Crippen molar-refractivity contribution >= 4 is 190 Å².